The van der Waals surface area contributed by atoms with Crippen LogP contribution in [0.1, 0.15) is 35.7 Å². The van der Waals surface area contributed by atoms with Gasteiger partial charge in [-0.1, -0.05) is 30.3 Å². The van der Waals surface area contributed by atoms with Crippen molar-refractivity contribution in [2.45, 2.75) is 25.8 Å². The van der Waals surface area contributed by atoms with Gasteiger partial charge in [-0.25, -0.2) is 0 Å². The molecular weight excluding hydrogens is 444 g/mol. The van der Waals surface area contributed by atoms with E-state index in [1.54, 1.807) is 13.3 Å². The molecule has 1 fully saturated rings. The first-order valence-electron chi connectivity index (χ1n) is 11.5. The van der Waals surface area contributed by atoms with Gasteiger partial charge < -0.3 is 20.3 Å². The van der Waals surface area contributed by atoms with E-state index in [-0.39, 0.29) is 17.9 Å². The molecule has 2 heterocycles. The van der Waals surface area contributed by atoms with Crippen LogP contribution < -0.4 is 15.4 Å². The van der Waals surface area contributed by atoms with Crippen molar-refractivity contribution >= 4 is 28.9 Å². The zero-order valence-electron chi connectivity index (χ0n) is 19.5. The number of nitrogens with zero attached hydrogens (tertiary/aromatic N) is 2. The molecule has 2 aromatic carbocycles. The predicted octanol–water partition coefficient (Wildman–Crippen LogP) is 4.71. The molecule has 1 saturated heterocycles. The molecule has 2 N–H and O–H groups in total. The molecule has 3 aromatic rings. The number of ether oxygens (including phenoxy) is 1. The number of hydrogen-bond donors (Lipinski definition) is 2. The first-order valence-corrected chi connectivity index (χ1v) is 11.9. The van der Waals surface area contributed by atoms with Gasteiger partial charge >= 0.3 is 0 Å². The van der Waals surface area contributed by atoms with E-state index in [4.69, 9.17) is 17.0 Å². The third-order valence-corrected chi connectivity index (χ3v) is 6.62. The fraction of sp³-hybridized carbons (Fsp3) is 0.296. The number of anilines is 1. The van der Waals surface area contributed by atoms with E-state index in [9.17, 15) is 4.79 Å². The zero-order chi connectivity index (χ0) is 23.9. The summed E-state index contributed by atoms with van der Waals surface area (Å²) in [5.74, 6) is 0.806. The Balaban J connectivity index is 1.37. The van der Waals surface area contributed by atoms with E-state index >= 15 is 0 Å². The Morgan fingerprint density at radius 2 is 1.76 bits per heavy atom. The molecule has 176 valence electrons. The first-order chi connectivity index (χ1) is 16.5. The molecule has 0 spiro atoms. The maximum Gasteiger partial charge on any atom is 0.224 e. The van der Waals surface area contributed by atoms with E-state index in [0.29, 0.717) is 5.11 Å². The van der Waals surface area contributed by atoms with Gasteiger partial charge in [0, 0.05) is 30.9 Å². The molecule has 4 rings (SSSR count). The number of pyridine rings is 1. The minimum Gasteiger partial charge on any atom is -0.497 e. The minimum atomic E-state index is -0.272. The molecule has 0 radical (unpaired) electrons. The van der Waals surface area contributed by atoms with E-state index in [1.165, 1.54) is 0 Å². The van der Waals surface area contributed by atoms with Crippen LogP contribution in [0, 0.1) is 12.8 Å². The van der Waals surface area contributed by atoms with E-state index < -0.39 is 0 Å². The van der Waals surface area contributed by atoms with Crippen LogP contribution in [0.25, 0.3) is 0 Å². The number of nitrogens with one attached hydrogen (secondary N) is 2. The Kier molecular flexibility index (Phi) is 7.75. The van der Waals surface area contributed by atoms with Crippen molar-refractivity contribution in [3.05, 3.63) is 89.7 Å². The number of likely N-dealkylation sites (tertiary alicyclic amines) is 1. The van der Waals surface area contributed by atoms with Gasteiger partial charge in [0.1, 0.15) is 5.75 Å². The standard InChI is InChI=1S/C27H30N4O2S/c1-19-7-3-4-8-23(19)25(24-9-5-6-16-28-24)30-26(32)20-14-17-31(18-15-20)27(34)29-21-10-12-22(33-2)13-11-21/h3-13,16,20,25H,14-15,17-18H2,1-2H3,(H,29,34)(H,30,32). The fourth-order valence-corrected chi connectivity index (χ4v) is 4.55. The number of aryl methyl sites for hydroxylation is 1. The first kappa shape index (κ1) is 23.7. The lowest BCUT2D eigenvalue weighted by atomic mass is 9.93. The van der Waals surface area contributed by atoms with Gasteiger partial charge in [0.2, 0.25) is 5.91 Å². The van der Waals surface area contributed by atoms with Crippen LogP contribution in [0.4, 0.5) is 5.69 Å². The van der Waals surface area contributed by atoms with E-state index in [1.807, 2.05) is 54.6 Å². The highest BCUT2D eigenvalue weighted by Crippen LogP contribution is 2.26. The summed E-state index contributed by atoms with van der Waals surface area (Å²) in [5.41, 5.74) is 3.95. The molecule has 1 atom stereocenters. The largest absolute Gasteiger partial charge is 0.497 e. The third kappa shape index (κ3) is 5.72. The third-order valence-electron chi connectivity index (χ3n) is 6.26. The van der Waals surface area contributed by atoms with Gasteiger partial charge in [0.05, 0.1) is 18.8 Å². The second kappa shape index (κ2) is 11.1. The number of methoxy groups -OCH3 is 1. The summed E-state index contributed by atoms with van der Waals surface area (Å²) in [7, 11) is 1.65. The quantitative estimate of drug-likeness (QED) is 0.504. The van der Waals surface area contributed by atoms with Crippen LogP contribution in [0.3, 0.4) is 0 Å². The molecule has 0 bridgehead atoms. The highest BCUT2D eigenvalue weighted by atomic mass is 32.1. The van der Waals surface area contributed by atoms with Crippen molar-refractivity contribution in [3.8, 4) is 5.75 Å². The summed E-state index contributed by atoms with van der Waals surface area (Å²) in [6, 6.07) is 21.3. The maximum atomic E-state index is 13.3. The summed E-state index contributed by atoms with van der Waals surface area (Å²) in [5, 5.41) is 7.23. The molecular formula is C27H30N4O2S. The van der Waals surface area contributed by atoms with Gasteiger partial charge in [-0.05, 0) is 79.5 Å². The number of aromatic nitrogens is 1. The van der Waals surface area contributed by atoms with Crippen molar-refractivity contribution in [2.24, 2.45) is 5.92 Å². The number of amides is 1. The molecule has 1 aliphatic rings. The Morgan fingerprint density at radius 3 is 2.41 bits per heavy atom. The van der Waals surface area contributed by atoms with Crippen molar-refractivity contribution in [1.82, 2.24) is 15.2 Å². The Morgan fingerprint density at radius 1 is 1.06 bits per heavy atom. The van der Waals surface area contributed by atoms with Crippen LogP contribution in [-0.2, 0) is 4.79 Å². The molecule has 34 heavy (non-hydrogen) atoms. The van der Waals surface area contributed by atoms with E-state index in [2.05, 4.69) is 39.6 Å². The monoisotopic (exact) mass is 474 g/mol. The summed E-state index contributed by atoms with van der Waals surface area (Å²) in [4.78, 5) is 19.9. The molecule has 6 nitrogen and oxygen atoms in total. The zero-order valence-corrected chi connectivity index (χ0v) is 20.3. The number of thiocarbonyl (C=S) groups is 1. The normalized spacial score (nSPS) is 14.8. The van der Waals surface area contributed by atoms with Crippen LogP contribution in [0.15, 0.2) is 72.9 Å². The molecule has 0 aliphatic carbocycles. The molecule has 0 saturated carbocycles. The minimum absolute atomic E-state index is 0.0599. The van der Waals surface area contributed by atoms with Crippen LogP contribution in [0.5, 0.6) is 5.75 Å². The highest BCUT2D eigenvalue weighted by molar-refractivity contribution is 7.80. The van der Waals surface area contributed by atoms with Crippen molar-refractivity contribution < 1.29 is 9.53 Å². The average Bonchev–Trinajstić information content (AvgIpc) is 2.88. The summed E-state index contributed by atoms with van der Waals surface area (Å²) in [6.07, 6.45) is 3.26. The fourth-order valence-electron chi connectivity index (χ4n) is 4.25. The molecule has 1 aromatic heterocycles. The second-order valence-electron chi connectivity index (χ2n) is 8.47. The lowest BCUT2D eigenvalue weighted by Crippen LogP contribution is -2.45. The predicted molar refractivity (Wildman–Crippen MR) is 139 cm³/mol. The number of rotatable bonds is 6. The molecule has 1 unspecified atom stereocenters. The van der Waals surface area contributed by atoms with Gasteiger partial charge in [-0.15, -0.1) is 0 Å². The Bertz CT molecular complexity index is 1110. The molecule has 1 amide bonds. The van der Waals surface area contributed by atoms with Gasteiger partial charge in [-0.3, -0.25) is 9.78 Å². The van der Waals surface area contributed by atoms with Gasteiger partial charge in [0.25, 0.3) is 0 Å². The number of benzene rings is 2. The number of piperidine rings is 1. The van der Waals surface area contributed by atoms with Gasteiger partial charge in [-0.2, -0.15) is 0 Å². The van der Waals surface area contributed by atoms with Crippen molar-refractivity contribution in [3.63, 3.8) is 0 Å². The smallest absolute Gasteiger partial charge is 0.224 e. The Labute approximate surface area is 206 Å². The SMILES string of the molecule is COc1ccc(NC(=S)N2CCC(C(=O)NC(c3ccccn3)c3ccccc3C)CC2)cc1. The summed E-state index contributed by atoms with van der Waals surface area (Å²) >= 11 is 5.61. The summed E-state index contributed by atoms with van der Waals surface area (Å²) in [6.45, 7) is 3.53. The summed E-state index contributed by atoms with van der Waals surface area (Å²) < 4.78 is 5.20. The van der Waals surface area contributed by atoms with Crippen molar-refractivity contribution in [2.75, 3.05) is 25.5 Å². The van der Waals surface area contributed by atoms with Gasteiger partial charge in [0.15, 0.2) is 5.11 Å². The van der Waals surface area contributed by atoms with E-state index in [0.717, 1.165) is 54.2 Å². The van der Waals surface area contributed by atoms with Crippen LogP contribution in [-0.4, -0.2) is 41.1 Å². The second-order valence-corrected chi connectivity index (χ2v) is 8.86. The van der Waals surface area contributed by atoms with Crippen molar-refractivity contribution in [1.29, 1.82) is 0 Å². The lowest BCUT2D eigenvalue weighted by Gasteiger charge is -2.34. The van der Waals surface area contributed by atoms with Crippen LogP contribution in [0.2, 0.25) is 0 Å². The lowest BCUT2D eigenvalue weighted by molar-refractivity contribution is -0.126. The topological polar surface area (TPSA) is 66.5 Å². The maximum absolute atomic E-state index is 13.3. The molecule has 7 heteroatoms. The highest BCUT2D eigenvalue weighted by Gasteiger charge is 2.29. The number of carbonyl (C=O) groups is 1. The number of hydrogen-bond acceptors (Lipinski definition) is 4. The Hall–Kier alpha value is -3.45. The molecule has 1 aliphatic heterocycles. The van der Waals surface area contributed by atoms with Crippen LogP contribution >= 0.6 is 12.2 Å². The average molecular weight is 475 g/mol. The number of carbonyl (C=O) groups excluding carboxylic acids is 1.